The van der Waals surface area contributed by atoms with Gasteiger partial charge in [-0.05, 0) is 68.7 Å². The fraction of sp³-hybridized carbons (Fsp3) is 0.200. The average molecular weight is 457 g/mol. The van der Waals surface area contributed by atoms with Crippen LogP contribution < -0.4 is 15.8 Å². The Balaban J connectivity index is 1.37. The Bertz CT molecular complexity index is 1360. The summed E-state index contributed by atoms with van der Waals surface area (Å²) in [6.45, 7) is 3.96. The van der Waals surface area contributed by atoms with Crippen molar-refractivity contribution in [3.63, 3.8) is 0 Å². The van der Waals surface area contributed by atoms with Crippen LogP contribution in [0.1, 0.15) is 35.0 Å². The highest BCUT2D eigenvalue weighted by Gasteiger charge is 2.18. The molecular weight excluding hydrogens is 432 g/mol. The molecule has 0 saturated heterocycles. The van der Waals surface area contributed by atoms with Gasteiger partial charge in [-0.25, -0.2) is 15.0 Å². The van der Waals surface area contributed by atoms with Gasteiger partial charge in [-0.1, -0.05) is 23.5 Å². The van der Waals surface area contributed by atoms with Crippen molar-refractivity contribution in [1.29, 1.82) is 0 Å². The molecule has 0 fully saturated rings. The van der Waals surface area contributed by atoms with Gasteiger partial charge in [-0.2, -0.15) is 0 Å². The number of anilines is 2. The SMILES string of the molecule is Cc1ccc(Oc2ccc(Nc3ncnc4sc(C5C=CC=C(N)CC5)nc34)cc2C)cn1. The first kappa shape index (κ1) is 21.1. The number of nitrogens with one attached hydrogen (secondary N) is 1. The van der Waals surface area contributed by atoms with Crippen LogP contribution in [0, 0.1) is 13.8 Å². The van der Waals surface area contributed by atoms with E-state index >= 15 is 0 Å². The van der Waals surface area contributed by atoms with Crippen LogP contribution in [-0.4, -0.2) is 19.9 Å². The standard InChI is InChI=1S/C25H24N6OS/c1-15-12-19(9-11-21(15)32-20-10-6-16(2)27-13-20)30-23-22-25(29-14-28-23)33-24(31-22)17-4-3-5-18(26)8-7-17/h3-6,9-14,17H,7-8,26H2,1-2H3,(H,28,29,30). The van der Waals surface area contributed by atoms with E-state index in [9.17, 15) is 0 Å². The lowest BCUT2D eigenvalue weighted by Gasteiger charge is -2.11. The fourth-order valence-electron chi connectivity index (χ4n) is 3.66. The van der Waals surface area contributed by atoms with E-state index in [2.05, 4.69) is 26.3 Å². The molecule has 3 heterocycles. The van der Waals surface area contributed by atoms with Crippen LogP contribution in [0.3, 0.4) is 0 Å². The van der Waals surface area contributed by atoms with E-state index in [0.717, 1.165) is 56.6 Å². The van der Waals surface area contributed by atoms with Gasteiger partial charge in [0.1, 0.15) is 33.2 Å². The summed E-state index contributed by atoms with van der Waals surface area (Å²) in [7, 11) is 0. The van der Waals surface area contributed by atoms with Crippen molar-refractivity contribution in [2.75, 3.05) is 5.32 Å². The molecule has 4 aromatic rings. The molecule has 8 heteroatoms. The number of thiazole rings is 1. The molecule has 0 bridgehead atoms. The molecule has 0 spiro atoms. The Hall–Kier alpha value is -3.78. The molecule has 1 atom stereocenters. The Morgan fingerprint density at radius 2 is 2.03 bits per heavy atom. The number of aryl methyl sites for hydroxylation is 2. The van der Waals surface area contributed by atoms with Crippen molar-refractivity contribution in [2.45, 2.75) is 32.6 Å². The minimum Gasteiger partial charge on any atom is -0.455 e. The van der Waals surface area contributed by atoms with E-state index in [1.807, 2.05) is 56.3 Å². The van der Waals surface area contributed by atoms with Crippen molar-refractivity contribution in [3.05, 3.63) is 83.0 Å². The third-order valence-corrected chi connectivity index (χ3v) is 6.57. The van der Waals surface area contributed by atoms with Crippen molar-refractivity contribution >= 4 is 33.2 Å². The summed E-state index contributed by atoms with van der Waals surface area (Å²) >= 11 is 1.60. The average Bonchev–Trinajstić information content (AvgIpc) is 3.13. The minimum atomic E-state index is 0.226. The highest BCUT2D eigenvalue weighted by atomic mass is 32.1. The van der Waals surface area contributed by atoms with Gasteiger partial charge in [0.25, 0.3) is 0 Å². The number of aromatic nitrogens is 4. The van der Waals surface area contributed by atoms with Gasteiger partial charge in [0, 0.05) is 23.0 Å². The van der Waals surface area contributed by atoms with Crippen molar-refractivity contribution in [1.82, 2.24) is 19.9 Å². The first-order valence-electron chi connectivity index (χ1n) is 10.8. The van der Waals surface area contributed by atoms with Crippen LogP contribution >= 0.6 is 11.3 Å². The summed E-state index contributed by atoms with van der Waals surface area (Å²) in [4.78, 5) is 18.9. The number of benzene rings is 1. The molecule has 0 saturated carbocycles. The first-order chi connectivity index (χ1) is 16.0. The zero-order valence-electron chi connectivity index (χ0n) is 18.4. The number of pyridine rings is 1. The zero-order valence-corrected chi connectivity index (χ0v) is 19.3. The van der Waals surface area contributed by atoms with E-state index in [1.54, 1.807) is 23.9 Å². The molecule has 33 heavy (non-hydrogen) atoms. The topological polar surface area (TPSA) is 98.8 Å². The summed E-state index contributed by atoms with van der Waals surface area (Å²) in [6.07, 6.45) is 11.2. The Morgan fingerprint density at radius 1 is 1.12 bits per heavy atom. The van der Waals surface area contributed by atoms with Gasteiger partial charge in [-0.3, -0.25) is 4.98 Å². The number of nitrogens with zero attached hydrogens (tertiary/aromatic N) is 4. The largest absolute Gasteiger partial charge is 0.455 e. The molecule has 3 N–H and O–H groups in total. The van der Waals surface area contributed by atoms with Crippen molar-refractivity contribution in [2.24, 2.45) is 5.73 Å². The molecule has 5 rings (SSSR count). The Kier molecular flexibility index (Phi) is 5.75. The molecule has 1 aliphatic rings. The predicted octanol–water partition coefficient (Wildman–Crippen LogP) is 5.91. The lowest BCUT2D eigenvalue weighted by Crippen LogP contribution is -1.99. The monoisotopic (exact) mass is 456 g/mol. The van der Waals surface area contributed by atoms with Crippen LogP contribution in [0.25, 0.3) is 10.3 Å². The van der Waals surface area contributed by atoms with E-state index in [1.165, 1.54) is 0 Å². The molecule has 0 amide bonds. The number of allylic oxidation sites excluding steroid dienone is 4. The summed E-state index contributed by atoms with van der Waals surface area (Å²) in [5, 5.41) is 4.43. The lowest BCUT2D eigenvalue weighted by molar-refractivity contribution is 0.476. The molecule has 166 valence electrons. The number of hydrogen-bond acceptors (Lipinski definition) is 8. The van der Waals surface area contributed by atoms with Crippen LogP contribution in [0.4, 0.5) is 11.5 Å². The summed E-state index contributed by atoms with van der Waals surface area (Å²) in [5.74, 6) is 2.40. The molecular formula is C25H24N6OS. The van der Waals surface area contributed by atoms with Crippen molar-refractivity contribution in [3.8, 4) is 11.5 Å². The third-order valence-electron chi connectivity index (χ3n) is 5.48. The third kappa shape index (κ3) is 4.70. The second kappa shape index (κ2) is 8.99. The number of hydrogen-bond donors (Lipinski definition) is 2. The van der Waals surface area contributed by atoms with Crippen LogP contribution in [0.15, 0.2) is 66.8 Å². The quantitative estimate of drug-likeness (QED) is 0.385. The van der Waals surface area contributed by atoms with Gasteiger partial charge in [0.15, 0.2) is 5.82 Å². The van der Waals surface area contributed by atoms with Gasteiger partial charge < -0.3 is 15.8 Å². The van der Waals surface area contributed by atoms with Crippen LogP contribution in [0.2, 0.25) is 0 Å². The molecule has 0 radical (unpaired) electrons. The number of fused-ring (bicyclic) bond motifs is 1. The van der Waals surface area contributed by atoms with Crippen LogP contribution in [-0.2, 0) is 0 Å². The van der Waals surface area contributed by atoms with Gasteiger partial charge in [-0.15, -0.1) is 0 Å². The zero-order chi connectivity index (χ0) is 22.8. The molecule has 1 aromatic carbocycles. The number of ether oxygens (including phenoxy) is 1. The highest BCUT2D eigenvalue weighted by molar-refractivity contribution is 7.18. The predicted molar refractivity (Wildman–Crippen MR) is 132 cm³/mol. The number of rotatable bonds is 5. The Morgan fingerprint density at radius 3 is 2.85 bits per heavy atom. The second-order valence-corrected chi connectivity index (χ2v) is 9.05. The second-order valence-electron chi connectivity index (χ2n) is 8.04. The summed E-state index contributed by atoms with van der Waals surface area (Å²) in [6, 6.07) is 9.78. The Labute approximate surface area is 196 Å². The smallest absolute Gasteiger partial charge is 0.161 e. The first-order valence-corrected chi connectivity index (χ1v) is 11.6. The normalized spacial score (nSPS) is 15.8. The van der Waals surface area contributed by atoms with E-state index < -0.39 is 0 Å². The molecule has 0 aliphatic heterocycles. The fourth-order valence-corrected chi connectivity index (χ4v) is 4.68. The van der Waals surface area contributed by atoms with Gasteiger partial charge in [0.05, 0.1) is 6.20 Å². The maximum absolute atomic E-state index is 5.98. The molecule has 1 unspecified atom stereocenters. The molecule has 1 aliphatic carbocycles. The molecule has 3 aromatic heterocycles. The van der Waals surface area contributed by atoms with Crippen LogP contribution in [0.5, 0.6) is 11.5 Å². The van der Waals surface area contributed by atoms with E-state index in [0.29, 0.717) is 11.6 Å². The van der Waals surface area contributed by atoms with Gasteiger partial charge >= 0.3 is 0 Å². The highest BCUT2D eigenvalue weighted by Crippen LogP contribution is 2.35. The summed E-state index contributed by atoms with van der Waals surface area (Å²) < 4.78 is 5.98. The van der Waals surface area contributed by atoms with E-state index in [4.69, 9.17) is 15.5 Å². The van der Waals surface area contributed by atoms with Gasteiger partial charge in [0.2, 0.25) is 0 Å². The summed E-state index contributed by atoms with van der Waals surface area (Å²) in [5.41, 5.74) is 10.5. The maximum atomic E-state index is 5.98. The van der Waals surface area contributed by atoms with Crippen molar-refractivity contribution < 1.29 is 4.74 Å². The molecule has 7 nitrogen and oxygen atoms in total. The maximum Gasteiger partial charge on any atom is 0.161 e. The number of nitrogens with two attached hydrogens (primary N) is 1. The van der Waals surface area contributed by atoms with E-state index in [-0.39, 0.29) is 5.92 Å². The minimum absolute atomic E-state index is 0.226. The lowest BCUT2D eigenvalue weighted by atomic mass is 10.0.